The summed E-state index contributed by atoms with van der Waals surface area (Å²) in [6, 6.07) is -0.460. The van der Waals surface area contributed by atoms with Gasteiger partial charge in [0.25, 0.3) is 0 Å². The Morgan fingerprint density at radius 1 is 1.19 bits per heavy atom. The van der Waals surface area contributed by atoms with Crippen LogP contribution in [-0.4, -0.2) is 28.1 Å². The summed E-state index contributed by atoms with van der Waals surface area (Å²) < 4.78 is 0. The average Bonchev–Trinajstić information content (AvgIpc) is 2.97. The fraction of sp³-hybridized carbons (Fsp3) is 0.714. The van der Waals surface area contributed by atoms with Crippen molar-refractivity contribution in [2.24, 2.45) is 5.92 Å². The summed E-state index contributed by atoms with van der Waals surface area (Å²) in [5.41, 5.74) is 0. The summed E-state index contributed by atoms with van der Waals surface area (Å²) in [6.45, 7) is 1.45. The smallest absolute Gasteiger partial charge is 0.249 e. The molecule has 0 spiro atoms. The molecule has 0 radical (unpaired) electrons. The van der Waals surface area contributed by atoms with Gasteiger partial charge in [0.15, 0.2) is 0 Å². The topological polar surface area (TPSA) is 84.0 Å². The monoisotopic (exact) mass is 308 g/mol. The maximum Gasteiger partial charge on any atom is 0.249 e. The molecule has 0 aliphatic heterocycles. The second kappa shape index (κ2) is 6.09. The minimum Gasteiger partial charge on any atom is -0.344 e. The van der Waals surface area contributed by atoms with Gasteiger partial charge < -0.3 is 5.32 Å². The molecule has 1 heterocycles. The van der Waals surface area contributed by atoms with E-state index in [1.165, 1.54) is 31.1 Å². The number of aromatic nitrogens is 2. The fourth-order valence-corrected chi connectivity index (χ4v) is 3.79. The summed E-state index contributed by atoms with van der Waals surface area (Å²) in [5.74, 6) is 0.424. The molecule has 3 rings (SSSR count). The maximum atomic E-state index is 12.4. The Balaban J connectivity index is 1.65. The molecule has 2 saturated carbocycles. The fourth-order valence-electron chi connectivity index (χ4n) is 2.87. The number of hydrogen-bond acceptors (Lipinski definition) is 5. The van der Waals surface area contributed by atoms with E-state index in [9.17, 15) is 9.59 Å². The van der Waals surface area contributed by atoms with E-state index in [2.05, 4.69) is 20.8 Å². The van der Waals surface area contributed by atoms with Gasteiger partial charge in [-0.1, -0.05) is 24.2 Å². The predicted molar refractivity (Wildman–Crippen MR) is 80.1 cm³/mol. The summed E-state index contributed by atoms with van der Waals surface area (Å²) >= 11 is 1.44. The molecule has 2 N–H and O–H groups in total. The molecular formula is C14H20N4O2S. The molecule has 1 aromatic heterocycles. The molecule has 0 aromatic carbocycles. The van der Waals surface area contributed by atoms with Gasteiger partial charge in [-0.3, -0.25) is 14.9 Å². The molecule has 2 aliphatic rings. The van der Waals surface area contributed by atoms with Crippen LogP contribution >= 0.6 is 11.3 Å². The Hall–Kier alpha value is -1.50. The van der Waals surface area contributed by atoms with Crippen molar-refractivity contribution in [1.82, 2.24) is 15.5 Å². The summed E-state index contributed by atoms with van der Waals surface area (Å²) in [7, 11) is 0. The third kappa shape index (κ3) is 3.58. The summed E-state index contributed by atoms with van der Waals surface area (Å²) in [6.07, 6.45) is 6.55. The van der Waals surface area contributed by atoms with Crippen LogP contribution in [0.4, 0.5) is 5.13 Å². The highest BCUT2D eigenvalue weighted by Gasteiger charge is 2.32. The van der Waals surface area contributed by atoms with Gasteiger partial charge in [0, 0.05) is 12.8 Å². The Kier molecular flexibility index (Phi) is 4.19. The van der Waals surface area contributed by atoms with Crippen molar-refractivity contribution < 1.29 is 9.59 Å². The molecule has 6 nitrogen and oxygen atoms in total. The standard InChI is InChI=1S/C14H20N4O2S/c1-8(19)15-11(9-4-2-3-5-9)12(20)16-14-18-17-13(21-14)10-6-7-10/h9-11H,2-7H2,1H3,(H,15,19)(H,16,18,20)/t11-/m0/s1. The van der Waals surface area contributed by atoms with Crippen LogP contribution in [0.3, 0.4) is 0 Å². The van der Waals surface area contributed by atoms with E-state index in [1.807, 2.05) is 0 Å². The molecule has 1 atom stereocenters. The first kappa shape index (κ1) is 14.4. The van der Waals surface area contributed by atoms with Crippen molar-refractivity contribution >= 4 is 28.3 Å². The first-order valence-corrected chi connectivity index (χ1v) is 8.36. The van der Waals surface area contributed by atoms with Crippen LogP contribution < -0.4 is 10.6 Å². The van der Waals surface area contributed by atoms with E-state index in [1.54, 1.807) is 0 Å². The number of rotatable bonds is 5. The predicted octanol–water partition coefficient (Wildman–Crippen LogP) is 2.05. The van der Waals surface area contributed by atoms with E-state index in [0.717, 1.165) is 30.7 Å². The van der Waals surface area contributed by atoms with E-state index in [4.69, 9.17) is 0 Å². The van der Waals surface area contributed by atoms with Crippen molar-refractivity contribution in [3.63, 3.8) is 0 Å². The lowest BCUT2D eigenvalue weighted by Gasteiger charge is -2.22. The molecule has 2 amide bonds. The lowest BCUT2D eigenvalue weighted by atomic mass is 9.97. The zero-order chi connectivity index (χ0) is 14.8. The minimum atomic E-state index is -0.460. The van der Waals surface area contributed by atoms with Gasteiger partial charge >= 0.3 is 0 Å². The van der Waals surface area contributed by atoms with Gasteiger partial charge in [-0.2, -0.15) is 0 Å². The van der Waals surface area contributed by atoms with Crippen molar-refractivity contribution in [3.05, 3.63) is 5.01 Å². The molecule has 2 fully saturated rings. The molecule has 0 saturated heterocycles. The van der Waals surface area contributed by atoms with Crippen molar-refractivity contribution in [2.45, 2.75) is 57.4 Å². The average molecular weight is 308 g/mol. The molecule has 7 heteroatoms. The molecule has 1 aromatic rings. The second-order valence-corrected chi connectivity index (χ2v) is 6.94. The van der Waals surface area contributed by atoms with Crippen LogP contribution in [0.1, 0.15) is 56.4 Å². The second-order valence-electron chi connectivity index (χ2n) is 5.93. The number of carbonyl (C=O) groups is 2. The first-order chi connectivity index (χ1) is 10.1. The van der Waals surface area contributed by atoms with Crippen LogP contribution in [-0.2, 0) is 9.59 Å². The highest BCUT2D eigenvalue weighted by molar-refractivity contribution is 7.15. The van der Waals surface area contributed by atoms with Gasteiger partial charge in [0.2, 0.25) is 16.9 Å². The molecular weight excluding hydrogens is 288 g/mol. The summed E-state index contributed by atoms with van der Waals surface area (Å²) in [5, 5.41) is 15.3. The van der Waals surface area contributed by atoms with Crippen LogP contribution in [0, 0.1) is 5.92 Å². The molecule has 2 aliphatic carbocycles. The Labute approximate surface area is 127 Å². The lowest BCUT2D eigenvalue weighted by molar-refractivity contribution is -0.126. The number of anilines is 1. The third-order valence-corrected chi connectivity index (χ3v) is 5.11. The largest absolute Gasteiger partial charge is 0.344 e. The molecule has 114 valence electrons. The Morgan fingerprint density at radius 3 is 2.52 bits per heavy atom. The Morgan fingerprint density at radius 2 is 1.90 bits per heavy atom. The molecule has 21 heavy (non-hydrogen) atoms. The van der Waals surface area contributed by atoms with Gasteiger partial charge in [-0.15, -0.1) is 10.2 Å². The van der Waals surface area contributed by atoms with Gasteiger partial charge in [0.05, 0.1) is 0 Å². The maximum absolute atomic E-state index is 12.4. The Bertz CT molecular complexity index is 535. The zero-order valence-corrected chi connectivity index (χ0v) is 12.9. The van der Waals surface area contributed by atoms with E-state index in [0.29, 0.717) is 11.0 Å². The lowest BCUT2D eigenvalue weighted by Crippen LogP contribution is -2.47. The van der Waals surface area contributed by atoms with Crippen molar-refractivity contribution in [1.29, 1.82) is 0 Å². The number of nitrogens with one attached hydrogen (secondary N) is 2. The molecule has 0 unspecified atom stereocenters. The number of carbonyl (C=O) groups excluding carboxylic acids is 2. The SMILES string of the molecule is CC(=O)N[C@H](C(=O)Nc1nnc(C2CC2)s1)C1CCCC1. The van der Waals surface area contributed by atoms with Crippen LogP contribution in [0.15, 0.2) is 0 Å². The summed E-state index contributed by atoms with van der Waals surface area (Å²) in [4.78, 5) is 23.8. The molecule has 0 bridgehead atoms. The minimum absolute atomic E-state index is 0.169. The number of nitrogens with zero attached hydrogens (tertiary/aromatic N) is 2. The quantitative estimate of drug-likeness (QED) is 0.872. The van der Waals surface area contributed by atoms with Crippen LogP contribution in [0.25, 0.3) is 0 Å². The van der Waals surface area contributed by atoms with Crippen molar-refractivity contribution in [3.8, 4) is 0 Å². The first-order valence-electron chi connectivity index (χ1n) is 7.55. The highest BCUT2D eigenvalue weighted by Crippen LogP contribution is 2.42. The highest BCUT2D eigenvalue weighted by atomic mass is 32.1. The third-order valence-electron chi connectivity index (χ3n) is 4.11. The number of amides is 2. The van der Waals surface area contributed by atoms with Crippen LogP contribution in [0.2, 0.25) is 0 Å². The number of hydrogen-bond donors (Lipinski definition) is 2. The van der Waals surface area contributed by atoms with Crippen LogP contribution in [0.5, 0.6) is 0 Å². The van der Waals surface area contributed by atoms with E-state index >= 15 is 0 Å². The van der Waals surface area contributed by atoms with E-state index in [-0.39, 0.29) is 17.7 Å². The van der Waals surface area contributed by atoms with E-state index < -0.39 is 6.04 Å². The van der Waals surface area contributed by atoms with Gasteiger partial charge in [-0.25, -0.2) is 0 Å². The normalized spacial score (nSPS) is 20.2. The van der Waals surface area contributed by atoms with Gasteiger partial charge in [-0.05, 0) is 31.6 Å². The van der Waals surface area contributed by atoms with Crippen molar-refractivity contribution in [2.75, 3.05) is 5.32 Å². The zero-order valence-electron chi connectivity index (χ0n) is 12.1. The van der Waals surface area contributed by atoms with Gasteiger partial charge in [0.1, 0.15) is 11.0 Å².